The van der Waals surface area contributed by atoms with Crippen molar-refractivity contribution in [3.63, 3.8) is 0 Å². The molecule has 86 valence electrons. The van der Waals surface area contributed by atoms with Crippen LogP contribution in [0.1, 0.15) is 0 Å². The summed E-state index contributed by atoms with van der Waals surface area (Å²) in [5.74, 6) is 0.289. The Hall–Kier alpha value is -1.94. The van der Waals surface area contributed by atoms with E-state index >= 15 is 0 Å². The summed E-state index contributed by atoms with van der Waals surface area (Å²) in [7, 11) is 0. The molecule has 0 bridgehead atoms. The van der Waals surface area contributed by atoms with E-state index < -0.39 is 0 Å². The zero-order valence-corrected chi connectivity index (χ0v) is 9.97. The van der Waals surface area contributed by atoms with Gasteiger partial charge in [-0.15, -0.1) is 0 Å². The van der Waals surface area contributed by atoms with Crippen molar-refractivity contribution in [2.24, 2.45) is 10.7 Å². The lowest BCUT2D eigenvalue weighted by atomic mass is 10.3. The molecule has 2 N–H and O–H groups in total. The topological polar surface area (TPSA) is 41.6 Å². The highest BCUT2D eigenvalue weighted by Crippen LogP contribution is 2.14. The van der Waals surface area contributed by atoms with Crippen LogP contribution in [0.3, 0.4) is 0 Å². The van der Waals surface area contributed by atoms with Gasteiger partial charge in [0, 0.05) is 5.69 Å². The number of guanidine groups is 1. The Bertz CT molecular complexity index is 497. The summed E-state index contributed by atoms with van der Waals surface area (Å²) in [4.78, 5) is 4.25. The molecule has 0 spiro atoms. The highest BCUT2D eigenvalue weighted by atomic mass is 32.1. The predicted octanol–water partition coefficient (Wildman–Crippen LogP) is 2.60. The lowest BCUT2D eigenvalue weighted by Crippen LogP contribution is -2.32. The Morgan fingerprint density at radius 2 is 1.47 bits per heavy atom. The fourth-order valence-corrected chi connectivity index (χ4v) is 1.54. The van der Waals surface area contributed by atoms with Crippen LogP contribution in [0.4, 0.5) is 11.4 Å². The van der Waals surface area contributed by atoms with Crippen LogP contribution in [0.25, 0.3) is 0 Å². The monoisotopic (exact) mass is 242 g/mol. The number of aliphatic imine (C=N–C) groups is 1. The summed E-state index contributed by atoms with van der Waals surface area (Å²) in [6.45, 7) is 0. The van der Waals surface area contributed by atoms with Crippen LogP contribution >= 0.6 is 0 Å². The molecule has 0 aliphatic heterocycles. The highest BCUT2D eigenvalue weighted by Gasteiger charge is 1.97. The van der Waals surface area contributed by atoms with Crippen molar-refractivity contribution in [2.75, 3.05) is 4.31 Å². The van der Waals surface area contributed by atoms with E-state index in [4.69, 9.17) is 18.5 Å². The second-order valence-electron chi connectivity index (χ2n) is 3.44. The zero-order valence-electron chi connectivity index (χ0n) is 9.15. The maximum atomic E-state index is 5.85. The Morgan fingerprint density at radius 1 is 0.941 bits per heavy atom. The van der Waals surface area contributed by atoms with E-state index in [0.717, 1.165) is 11.4 Å². The quantitative estimate of drug-likeness (QED) is 0.500. The number of nitrogens with zero attached hydrogens (tertiary/aromatic N) is 2. The Balaban J connectivity index is 2.21. The minimum atomic E-state index is 0.289. The minimum absolute atomic E-state index is 0.289. The van der Waals surface area contributed by atoms with Gasteiger partial charge in [0.25, 0.3) is 0 Å². The smallest absolute Gasteiger partial charge is 0.178 e. The number of hydrogen-bond acceptors (Lipinski definition) is 2. The van der Waals surface area contributed by atoms with Crippen LogP contribution < -0.4 is 10.0 Å². The van der Waals surface area contributed by atoms with Crippen molar-refractivity contribution in [3.8, 4) is 0 Å². The molecule has 0 radical (unpaired) electrons. The van der Waals surface area contributed by atoms with Crippen LogP contribution in [0, 0.1) is 0 Å². The molecule has 2 aromatic rings. The van der Waals surface area contributed by atoms with E-state index in [-0.39, 0.29) is 5.96 Å². The molecule has 0 saturated carbocycles. The fourth-order valence-electron chi connectivity index (χ4n) is 1.38. The molecule has 0 aliphatic rings. The van der Waals surface area contributed by atoms with E-state index in [2.05, 4.69) is 4.99 Å². The number of hydrogen-bond donors (Lipinski definition) is 1. The molecule has 2 aromatic carbocycles. The average molecular weight is 242 g/mol. The number of anilines is 1. The first kappa shape index (κ1) is 11.5. The van der Waals surface area contributed by atoms with Crippen LogP contribution in [-0.4, -0.2) is 5.96 Å². The van der Waals surface area contributed by atoms with Crippen LogP contribution in [0.15, 0.2) is 65.7 Å². The number of benzene rings is 2. The highest BCUT2D eigenvalue weighted by molar-refractivity contribution is 7.61. The second-order valence-corrected chi connectivity index (χ2v) is 3.80. The van der Waals surface area contributed by atoms with Gasteiger partial charge in [-0.05, 0) is 24.3 Å². The molecule has 0 amide bonds. The first-order valence-corrected chi connectivity index (χ1v) is 5.55. The van der Waals surface area contributed by atoms with Crippen molar-refractivity contribution < 1.29 is 0 Å². The Labute approximate surface area is 106 Å². The molecular weight excluding hydrogens is 230 g/mol. The standard InChI is InChI=1S/C13H12N3S/c14-13(15-11-7-3-1-4-8-11)16(17)12-9-5-2-6-10-12/h1-10H,(H2,14,15)/q-1. The van der Waals surface area contributed by atoms with Gasteiger partial charge < -0.3 is 22.9 Å². The minimum Gasteiger partial charge on any atom is -0.658 e. The van der Waals surface area contributed by atoms with Crippen molar-refractivity contribution in [1.82, 2.24) is 0 Å². The summed E-state index contributed by atoms with van der Waals surface area (Å²) in [6.07, 6.45) is 0. The normalized spacial score (nSPS) is 11.2. The van der Waals surface area contributed by atoms with Gasteiger partial charge in [0.2, 0.25) is 0 Å². The molecule has 0 fully saturated rings. The Morgan fingerprint density at radius 3 is 2.06 bits per heavy atom. The molecule has 3 nitrogen and oxygen atoms in total. The lowest BCUT2D eigenvalue weighted by molar-refractivity contribution is 1.39. The molecule has 0 aliphatic carbocycles. The summed E-state index contributed by atoms with van der Waals surface area (Å²) >= 11 is 5.20. The lowest BCUT2D eigenvalue weighted by Gasteiger charge is -2.30. The molecule has 17 heavy (non-hydrogen) atoms. The van der Waals surface area contributed by atoms with Crippen molar-refractivity contribution >= 4 is 30.1 Å². The van der Waals surface area contributed by atoms with E-state index in [1.807, 2.05) is 60.7 Å². The third-order valence-electron chi connectivity index (χ3n) is 2.20. The first-order valence-electron chi connectivity index (χ1n) is 5.19. The predicted molar refractivity (Wildman–Crippen MR) is 74.0 cm³/mol. The average Bonchev–Trinajstić information content (AvgIpc) is 2.40. The maximum Gasteiger partial charge on any atom is 0.178 e. The van der Waals surface area contributed by atoms with Crippen LogP contribution in [0.2, 0.25) is 0 Å². The van der Waals surface area contributed by atoms with Gasteiger partial charge in [0.1, 0.15) is 0 Å². The molecule has 0 atom stereocenters. The summed E-state index contributed by atoms with van der Waals surface area (Å²) < 4.78 is 1.44. The summed E-state index contributed by atoms with van der Waals surface area (Å²) in [5.41, 5.74) is 7.47. The van der Waals surface area contributed by atoms with Gasteiger partial charge >= 0.3 is 0 Å². The zero-order chi connectivity index (χ0) is 12.1. The number of rotatable bonds is 2. The van der Waals surface area contributed by atoms with Crippen molar-refractivity contribution in [1.29, 1.82) is 0 Å². The largest absolute Gasteiger partial charge is 0.658 e. The van der Waals surface area contributed by atoms with Gasteiger partial charge in [-0.1, -0.05) is 36.4 Å². The van der Waals surface area contributed by atoms with Gasteiger partial charge in [0.15, 0.2) is 5.96 Å². The molecule has 0 aromatic heterocycles. The van der Waals surface area contributed by atoms with Gasteiger partial charge in [0.05, 0.1) is 5.69 Å². The maximum absolute atomic E-state index is 5.85. The van der Waals surface area contributed by atoms with Crippen LogP contribution in [0.5, 0.6) is 0 Å². The molecule has 4 heteroatoms. The van der Waals surface area contributed by atoms with E-state index in [1.165, 1.54) is 4.31 Å². The molecule has 0 saturated heterocycles. The fraction of sp³-hybridized carbons (Fsp3) is 0. The third kappa shape index (κ3) is 3.01. The van der Waals surface area contributed by atoms with Gasteiger partial charge in [-0.3, -0.25) is 0 Å². The summed E-state index contributed by atoms with van der Waals surface area (Å²) in [6, 6.07) is 19.0. The second kappa shape index (κ2) is 5.41. The van der Waals surface area contributed by atoms with Crippen LogP contribution in [-0.2, 0) is 12.8 Å². The summed E-state index contributed by atoms with van der Waals surface area (Å²) in [5, 5.41) is 0. The Kier molecular flexibility index (Phi) is 3.67. The van der Waals surface area contributed by atoms with E-state index in [1.54, 1.807) is 0 Å². The molecule has 2 rings (SSSR count). The molecule has 0 unspecified atom stereocenters. The van der Waals surface area contributed by atoms with Crippen molar-refractivity contribution in [3.05, 3.63) is 60.7 Å². The van der Waals surface area contributed by atoms with E-state index in [0.29, 0.717) is 0 Å². The molecular formula is C13H12N3S-. The van der Waals surface area contributed by atoms with Gasteiger partial charge in [-0.2, -0.15) is 0 Å². The first-order chi connectivity index (χ1) is 8.27. The van der Waals surface area contributed by atoms with E-state index in [9.17, 15) is 0 Å². The molecule has 0 heterocycles. The third-order valence-corrected chi connectivity index (χ3v) is 2.60. The SMILES string of the molecule is NC(=Nc1ccccc1)N([S-])c1ccccc1. The number of para-hydroxylation sites is 2. The van der Waals surface area contributed by atoms with Crippen molar-refractivity contribution in [2.45, 2.75) is 0 Å². The number of nitrogens with two attached hydrogens (primary N) is 1. The van der Waals surface area contributed by atoms with Gasteiger partial charge in [-0.25, -0.2) is 4.99 Å².